The topological polar surface area (TPSA) is 43.6 Å². The van der Waals surface area contributed by atoms with Crippen molar-refractivity contribution in [1.82, 2.24) is 9.38 Å². The van der Waals surface area contributed by atoms with Gasteiger partial charge in [-0.15, -0.1) is 11.3 Å². The van der Waals surface area contributed by atoms with Crippen molar-refractivity contribution in [3.05, 3.63) is 57.3 Å². The van der Waals surface area contributed by atoms with E-state index in [2.05, 4.69) is 4.98 Å². The first kappa shape index (κ1) is 13.1. The summed E-state index contributed by atoms with van der Waals surface area (Å²) >= 11 is 7.80. The predicted molar refractivity (Wildman–Crippen MR) is 78.7 cm³/mol. The molecule has 0 fully saturated rings. The highest BCUT2D eigenvalue weighted by molar-refractivity contribution is 7.09. The number of hydrogen-bond acceptors (Lipinski definition) is 4. The Labute approximate surface area is 124 Å². The molecule has 20 heavy (non-hydrogen) atoms. The van der Waals surface area contributed by atoms with E-state index >= 15 is 0 Å². The maximum absolute atomic E-state index is 11.9. The summed E-state index contributed by atoms with van der Waals surface area (Å²) < 4.78 is 6.57. The third-order valence-electron chi connectivity index (χ3n) is 2.99. The van der Waals surface area contributed by atoms with E-state index in [0.29, 0.717) is 22.8 Å². The standard InChI is InChI=1S/C14H11ClN2O2S/c1-19-14(18)11-6-2-5-10-13(15)16-12(17(10)11)8-9-4-3-7-20-9/h2-7H,8H2,1H3. The number of hydrogen-bond donors (Lipinski definition) is 0. The molecule has 4 nitrogen and oxygen atoms in total. The zero-order valence-corrected chi connectivity index (χ0v) is 12.2. The van der Waals surface area contributed by atoms with Crippen molar-refractivity contribution in [2.75, 3.05) is 7.11 Å². The molecule has 3 heterocycles. The second kappa shape index (κ2) is 5.26. The molecule has 0 amide bonds. The van der Waals surface area contributed by atoms with Crippen LogP contribution in [0, 0.1) is 0 Å². The van der Waals surface area contributed by atoms with E-state index < -0.39 is 5.97 Å². The average molecular weight is 307 g/mol. The zero-order valence-electron chi connectivity index (χ0n) is 10.7. The summed E-state index contributed by atoms with van der Waals surface area (Å²) in [5, 5.41) is 2.40. The van der Waals surface area contributed by atoms with Crippen LogP contribution in [0.5, 0.6) is 0 Å². The van der Waals surface area contributed by atoms with Gasteiger partial charge in [-0.3, -0.25) is 4.40 Å². The van der Waals surface area contributed by atoms with Crippen molar-refractivity contribution >= 4 is 34.4 Å². The number of methoxy groups -OCH3 is 1. The van der Waals surface area contributed by atoms with Gasteiger partial charge in [0.2, 0.25) is 0 Å². The van der Waals surface area contributed by atoms with E-state index in [4.69, 9.17) is 16.3 Å². The monoisotopic (exact) mass is 306 g/mol. The fraction of sp³-hybridized carbons (Fsp3) is 0.143. The molecule has 0 atom stereocenters. The van der Waals surface area contributed by atoms with Gasteiger partial charge in [-0.25, -0.2) is 9.78 Å². The Hall–Kier alpha value is -1.85. The molecule has 0 aromatic carbocycles. The van der Waals surface area contributed by atoms with Crippen molar-refractivity contribution in [1.29, 1.82) is 0 Å². The predicted octanol–water partition coefficient (Wildman–Crippen LogP) is 3.43. The minimum absolute atomic E-state index is 0.391. The molecule has 0 unspecified atom stereocenters. The second-order valence-corrected chi connectivity index (χ2v) is 5.59. The van der Waals surface area contributed by atoms with E-state index in [1.807, 2.05) is 23.6 Å². The normalized spacial score (nSPS) is 10.9. The van der Waals surface area contributed by atoms with E-state index in [1.165, 1.54) is 7.11 Å². The Bertz CT molecular complexity index is 765. The first-order valence-corrected chi connectivity index (χ1v) is 7.23. The van der Waals surface area contributed by atoms with Gasteiger partial charge in [-0.2, -0.15) is 0 Å². The molecule has 3 rings (SSSR count). The van der Waals surface area contributed by atoms with Gasteiger partial charge >= 0.3 is 5.97 Å². The van der Waals surface area contributed by atoms with Gasteiger partial charge in [-0.1, -0.05) is 23.7 Å². The quantitative estimate of drug-likeness (QED) is 0.696. The summed E-state index contributed by atoms with van der Waals surface area (Å²) in [6.07, 6.45) is 0.625. The van der Waals surface area contributed by atoms with Crippen LogP contribution in [-0.4, -0.2) is 22.5 Å². The summed E-state index contributed by atoms with van der Waals surface area (Å²) in [5.41, 5.74) is 1.14. The number of esters is 1. The minimum Gasteiger partial charge on any atom is -0.464 e. The molecule has 0 bridgehead atoms. The Morgan fingerprint density at radius 2 is 2.25 bits per heavy atom. The van der Waals surface area contributed by atoms with Gasteiger partial charge in [0, 0.05) is 11.3 Å². The molecule has 0 spiro atoms. The van der Waals surface area contributed by atoms with Crippen molar-refractivity contribution in [2.24, 2.45) is 0 Å². The van der Waals surface area contributed by atoms with Crippen molar-refractivity contribution in [3.8, 4) is 0 Å². The molecule has 3 aromatic heterocycles. The van der Waals surface area contributed by atoms with Crippen LogP contribution in [0.25, 0.3) is 5.52 Å². The summed E-state index contributed by atoms with van der Waals surface area (Å²) in [6.45, 7) is 0. The number of fused-ring (bicyclic) bond motifs is 1. The summed E-state index contributed by atoms with van der Waals surface area (Å²) in [6, 6.07) is 9.32. The smallest absolute Gasteiger partial charge is 0.355 e. The van der Waals surface area contributed by atoms with E-state index in [9.17, 15) is 4.79 Å². The molecule has 102 valence electrons. The molecule has 6 heteroatoms. The lowest BCUT2D eigenvalue weighted by atomic mass is 10.3. The lowest BCUT2D eigenvalue weighted by Gasteiger charge is -2.06. The first-order chi connectivity index (χ1) is 9.70. The number of carbonyl (C=O) groups excluding carboxylic acids is 1. The number of nitrogens with zero attached hydrogens (tertiary/aromatic N) is 2. The SMILES string of the molecule is COC(=O)c1cccc2c(Cl)nc(Cc3cccs3)n12. The molecular formula is C14H11ClN2O2S. The van der Waals surface area contributed by atoms with Crippen LogP contribution >= 0.6 is 22.9 Å². The Kier molecular flexibility index (Phi) is 3.46. The number of imidazole rings is 1. The molecule has 0 saturated carbocycles. The van der Waals surface area contributed by atoms with Gasteiger partial charge in [0.25, 0.3) is 0 Å². The van der Waals surface area contributed by atoms with Crippen LogP contribution in [0.15, 0.2) is 35.7 Å². The molecular weight excluding hydrogens is 296 g/mol. The average Bonchev–Trinajstić information content (AvgIpc) is 3.07. The Morgan fingerprint density at radius 3 is 2.95 bits per heavy atom. The van der Waals surface area contributed by atoms with Gasteiger partial charge in [-0.05, 0) is 23.6 Å². The molecule has 0 aliphatic rings. The maximum Gasteiger partial charge on any atom is 0.355 e. The Morgan fingerprint density at radius 1 is 1.40 bits per heavy atom. The van der Waals surface area contributed by atoms with Crippen molar-refractivity contribution < 1.29 is 9.53 Å². The van der Waals surface area contributed by atoms with Crippen LogP contribution in [-0.2, 0) is 11.2 Å². The Balaban J connectivity index is 2.19. The van der Waals surface area contributed by atoms with E-state index in [-0.39, 0.29) is 0 Å². The lowest BCUT2D eigenvalue weighted by molar-refractivity contribution is 0.0592. The molecule has 0 aliphatic heterocycles. The van der Waals surface area contributed by atoms with Crippen LogP contribution in [0.1, 0.15) is 21.2 Å². The van der Waals surface area contributed by atoms with Gasteiger partial charge in [0.1, 0.15) is 11.5 Å². The highest BCUT2D eigenvalue weighted by atomic mass is 35.5. The fourth-order valence-corrected chi connectivity index (χ4v) is 3.07. The number of carbonyl (C=O) groups is 1. The third-order valence-corrected chi connectivity index (χ3v) is 4.15. The van der Waals surface area contributed by atoms with Gasteiger partial charge in [0.15, 0.2) is 5.15 Å². The van der Waals surface area contributed by atoms with Crippen LogP contribution in [0.2, 0.25) is 5.15 Å². The summed E-state index contributed by atoms with van der Waals surface area (Å²) in [5.74, 6) is 0.325. The number of rotatable bonds is 3. The second-order valence-electron chi connectivity index (χ2n) is 4.20. The largest absolute Gasteiger partial charge is 0.464 e. The third kappa shape index (κ3) is 2.19. The summed E-state index contributed by atoms with van der Waals surface area (Å²) in [4.78, 5) is 17.4. The number of thiophene rings is 1. The number of pyridine rings is 1. The fourth-order valence-electron chi connectivity index (χ4n) is 2.12. The highest BCUT2D eigenvalue weighted by Gasteiger charge is 2.17. The number of halogens is 1. The molecule has 0 aliphatic carbocycles. The van der Waals surface area contributed by atoms with Crippen LogP contribution in [0.4, 0.5) is 0 Å². The molecule has 0 saturated heterocycles. The minimum atomic E-state index is -0.405. The number of ether oxygens (including phenoxy) is 1. The highest BCUT2D eigenvalue weighted by Crippen LogP contribution is 2.23. The number of aromatic nitrogens is 2. The molecule has 0 N–H and O–H groups in total. The molecule has 3 aromatic rings. The zero-order chi connectivity index (χ0) is 14.1. The first-order valence-electron chi connectivity index (χ1n) is 5.97. The molecule has 0 radical (unpaired) electrons. The van der Waals surface area contributed by atoms with Crippen LogP contribution < -0.4 is 0 Å². The summed E-state index contributed by atoms with van der Waals surface area (Å²) in [7, 11) is 1.36. The van der Waals surface area contributed by atoms with Crippen molar-refractivity contribution in [3.63, 3.8) is 0 Å². The van der Waals surface area contributed by atoms with E-state index in [1.54, 1.807) is 27.9 Å². The van der Waals surface area contributed by atoms with Gasteiger partial charge in [0.05, 0.1) is 12.6 Å². The van der Waals surface area contributed by atoms with E-state index in [0.717, 1.165) is 10.7 Å². The maximum atomic E-state index is 11.9. The van der Waals surface area contributed by atoms with Gasteiger partial charge < -0.3 is 4.74 Å². The van der Waals surface area contributed by atoms with Crippen LogP contribution in [0.3, 0.4) is 0 Å². The lowest BCUT2D eigenvalue weighted by Crippen LogP contribution is -2.10. The van der Waals surface area contributed by atoms with Crippen molar-refractivity contribution in [2.45, 2.75) is 6.42 Å².